The van der Waals surface area contributed by atoms with E-state index >= 15 is 0 Å². The Balaban J connectivity index is 3.52. The third-order valence-electron chi connectivity index (χ3n) is 1.79. The highest BCUT2D eigenvalue weighted by Gasteiger charge is 2.13. The molecule has 68 valence electrons. The van der Waals surface area contributed by atoms with Crippen LogP contribution >= 0.6 is 0 Å². The quantitative estimate of drug-likeness (QED) is 0.509. The van der Waals surface area contributed by atoms with Crippen LogP contribution in [0, 0.1) is 5.92 Å². The van der Waals surface area contributed by atoms with E-state index in [0.717, 1.165) is 12.8 Å². The summed E-state index contributed by atoms with van der Waals surface area (Å²) in [7, 11) is 1.74. The Morgan fingerprint density at radius 1 is 1.18 bits per heavy atom. The molecule has 3 heteroatoms. The van der Waals surface area contributed by atoms with Crippen molar-refractivity contribution in [1.82, 2.24) is 5.32 Å². The Hall–Kier alpha value is -0.120. The lowest BCUT2D eigenvalue weighted by atomic mass is 10.0. The van der Waals surface area contributed by atoms with Crippen molar-refractivity contribution < 1.29 is 10.2 Å². The molecule has 0 saturated carbocycles. The smallest absolute Gasteiger partial charge is 0.167 e. The Bertz CT molecular complexity index is 94.1. The second kappa shape index (κ2) is 5.52. The average Bonchev–Trinajstić information content (AvgIpc) is 1.87. The molecule has 0 heterocycles. The molecule has 0 aliphatic heterocycles. The fraction of sp³-hybridized carbons (Fsp3) is 1.00. The van der Waals surface area contributed by atoms with Gasteiger partial charge in [-0.15, -0.1) is 0 Å². The van der Waals surface area contributed by atoms with E-state index < -0.39 is 6.29 Å². The van der Waals surface area contributed by atoms with Crippen LogP contribution < -0.4 is 5.32 Å². The maximum Gasteiger partial charge on any atom is 0.167 e. The van der Waals surface area contributed by atoms with E-state index in [4.69, 9.17) is 10.2 Å². The van der Waals surface area contributed by atoms with Gasteiger partial charge in [0, 0.05) is 0 Å². The Morgan fingerprint density at radius 2 is 1.73 bits per heavy atom. The zero-order chi connectivity index (χ0) is 8.85. The van der Waals surface area contributed by atoms with Crippen LogP contribution in [0.15, 0.2) is 0 Å². The van der Waals surface area contributed by atoms with Gasteiger partial charge in [-0.05, 0) is 25.8 Å². The number of likely N-dealkylation sites (N-methyl/N-ethyl adjacent to an activating group) is 1. The van der Waals surface area contributed by atoms with Crippen LogP contribution in [0.1, 0.15) is 26.7 Å². The Labute approximate surface area is 68.4 Å². The van der Waals surface area contributed by atoms with Crippen LogP contribution in [0.5, 0.6) is 0 Å². The lowest BCUT2D eigenvalue weighted by molar-refractivity contribution is -0.0678. The van der Waals surface area contributed by atoms with Crippen LogP contribution in [0.2, 0.25) is 0 Å². The van der Waals surface area contributed by atoms with Crippen molar-refractivity contribution >= 4 is 0 Å². The van der Waals surface area contributed by atoms with Gasteiger partial charge < -0.3 is 15.5 Å². The maximum absolute atomic E-state index is 8.82. The molecule has 0 aromatic carbocycles. The van der Waals surface area contributed by atoms with E-state index in [1.165, 1.54) is 0 Å². The van der Waals surface area contributed by atoms with Gasteiger partial charge in [0.05, 0.1) is 6.04 Å². The zero-order valence-corrected chi connectivity index (χ0v) is 7.54. The van der Waals surface area contributed by atoms with E-state index in [9.17, 15) is 0 Å². The lowest BCUT2D eigenvalue weighted by Crippen LogP contribution is -2.37. The van der Waals surface area contributed by atoms with Crippen LogP contribution in [0.25, 0.3) is 0 Å². The van der Waals surface area contributed by atoms with Crippen molar-refractivity contribution in [2.45, 2.75) is 39.0 Å². The first-order valence-electron chi connectivity index (χ1n) is 4.11. The first-order chi connectivity index (χ1) is 5.07. The van der Waals surface area contributed by atoms with E-state index in [1.807, 2.05) is 0 Å². The summed E-state index contributed by atoms with van der Waals surface area (Å²) in [6.45, 7) is 4.24. The van der Waals surface area contributed by atoms with Crippen LogP contribution in [0.3, 0.4) is 0 Å². The fourth-order valence-electron chi connectivity index (χ4n) is 0.955. The van der Waals surface area contributed by atoms with Crippen LogP contribution in [-0.2, 0) is 0 Å². The minimum atomic E-state index is -1.24. The van der Waals surface area contributed by atoms with Gasteiger partial charge in [-0.2, -0.15) is 0 Å². The SMILES string of the molecule is CNC(CCC(C)C)C(O)O. The molecule has 0 amide bonds. The van der Waals surface area contributed by atoms with E-state index in [1.54, 1.807) is 7.05 Å². The number of aliphatic hydroxyl groups excluding tert-OH is 1. The molecule has 0 rings (SSSR count). The predicted molar refractivity (Wildman–Crippen MR) is 45.1 cm³/mol. The molecule has 0 aromatic rings. The standard InChI is InChI=1S/C8H19NO2/c1-6(2)4-5-7(9-3)8(10)11/h6-11H,4-5H2,1-3H3. The van der Waals surface area contributed by atoms with Crippen molar-refractivity contribution in [2.24, 2.45) is 5.92 Å². The normalized spacial score (nSPS) is 14.5. The largest absolute Gasteiger partial charge is 0.367 e. The van der Waals surface area contributed by atoms with Crippen LogP contribution in [0.4, 0.5) is 0 Å². The molecule has 0 fully saturated rings. The van der Waals surface area contributed by atoms with Crippen molar-refractivity contribution in [3.05, 3.63) is 0 Å². The molecule has 3 N–H and O–H groups in total. The predicted octanol–water partition coefficient (Wildman–Crippen LogP) is 0.321. The highest BCUT2D eigenvalue weighted by Crippen LogP contribution is 2.07. The molecule has 1 unspecified atom stereocenters. The van der Waals surface area contributed by atoms with Gasteiger partial charge in [-0.3, -0.25) is 0 Å². The number of hydrogen-bond donors (Lipinski definition) is 3. The Kier molecular flexibility index (Phi) is 5.46. The number of aliphatic hydroxyl groups is 2. The van der Waals surface area contributed by atoms with Crippen LogP contribution in [-0.4, -0.2) is 29.6 Å². The molecule has 11 heavy (non-hydrogen) atoms. The summed E-state index contributed by atoms with van der Waals surface area (Å²) >= 11 is 0. The molecule has 0 bridgehead atoms. The highest BCUT2D eigenvalue weighted by molar-refractivity contribution is 4.66. The Morgan fingerprint density at radius 3 is 2.00 bits per heavy atom. The van der Waals surface area contributed by atoms with Crippen molar-refractivity contribution in [2.75, 3.05) is 7.05 Å². The van der Waals surface area contributed by atoms with E-state index in [0.29, 0.717) is 5.92 Å². The molecule has 0 radical (unpaired) electrons. The molecule has 1 atom stereocenters. The summed E-state index contributed by atoms with van der Waals surface area (Å²) in [5.41, 5.74) is 0. The van der Waals surface area contributed by atoms with Gasteiger partial charge in [-0.25, -0.2) is 0 Å². The summed E-state index contributed by atoms with van der Waals surface area (Å²) in [5.74, 6) is 0.615. The molecular weight excluding hydrogens is 142 g/mol. The third kappa shape index (κ3) is 5.18. The van der Waals surface area contributed by atoms with Gasteiger partial charge in [-0.1, -0.05) is 13.8 Å². The second-order valence-electron chi connectivity index (χ2n) is 3.28. The van der Waals surface area contributed by atoms with Crippen molar-refractivity contribution in [1.29, 1.82) is 0 Å². The maximum atomic E-state index is 8.82. The highest BCUT2D eigenvalue weighted by atomic mass is 16.5. The van der Waals surface area contributed by atoms with Gasteiger partial charge in [0.25, 0.3) is 0 Å². The summed E-state index contributed by atoms with van der Waals surface area (Å²) in [6.07, 6.45) is 0.591. The molecule has 0 spiro atoms. The molecule has 0 aliphatic rings. The molecule has 0 aliphatic carbocycles. The molecule has 3 nitrogen and oxygen atoms in total. The van der Waals surface area contributed by atoms with Crippen molar-refractivity contribution in [3.63, 3.8) is 0 Å². The monoisotopic (exact) mass is 161 g/mol. The first-order valence-corrected chi connectivity index (χ1v) is 4.11. The van der Waals surface area contributed by atoms with Gasteiger partial charge >= 0.3 is 0 Å². The van der Waals surface area contributed by atoms with E-state index in [2.05, 4.69) is 19.2 Å². The molecule has 0 saturated heterocycles. The summed E-state index contributed by atoms with van der Waals surface area (Å²) in [6, 6.07) is -0.183. The minimum absolute atomic E-state index is 0.183. The minimum Gasteiger partial charge on any atom is -0.367 e. The summed E-state index contributed by atoms with van der Waals surface area (Å²) in [4.78, 5) is 0. The molecular formula is C8H19NO2. The fourth-order valence-corrected chi connectivity index (χ4v) is 0.955. The molecule has 0 aromatic heterocycles. The summed E-state index contributed by atoms with van der Waals surface area (Å²) in [5, 5.41) is 20.5. The zero-order valence-electron chi connectivity index (χ0n) is 7.54. The first kappa shape index (κ1) is 10.9. The van der Waals surface area contributed by atoms with E-state index in [-0.39, 0.29) is 6.04 Å². The van der Waals surface area contributed by atoms with Crippen molar-refractivity contribution in [3.8, 4) is 0 Å². The number of rotatable bonds is 5. The van der Waals surface area contributed by atoms with Gasteiger partial charge in [0.1, 0.15) is 0 Å². The average molecular weight is 161 g/mol. The number of nitrogens with one attached hydrogen (secondary N) is 1. The topological polar surface area (TPSA) is 52.5 Å². The van der Waals surface area contributed by atoms with Gasteiger partial charge in [0.2, 0.25) is 0 Å². The van der Waals surface area contributed by atoms with Gasteiger partial charge in [0.15, 0.2) is 6.29 Å². The second-order valence-corrected chi connectivity index (χ2v) is 3.28. The lowest BCUT2D eigenvalue weighted by Gasteiger charge is -2.18. The number of hydrogen-bond acceptors (Lipinski definition) is 3. The third-order valence-corrected chi connectivity index (χ3v) is 1.79. The summed E-state index contributed by atoms with van der Waals surface area (Å²) < 4.78 is 0.